The highest BCUT2D eigenvalue weighted by atomic mass is 32.2. The minimum atomic E-state index is -6.10. The zero-order chi connectivity index (χ0) is 37.0. The molecular weight excluding hydrogens is 712 g/mol. The summed E-state index contributed by atoms with van der Waals surface area (Å²) in [6.45, 7) is -2.24. The minimum absolute atomic E-state index is 0.101. The Morgan fingerprint density at radius 2 is 1.02 bits per heavy atom. The molecule has 4 rings (SSSR count). The van der Waals surface area contributed by atoms with E-state index in [1.807, 2.05) is 0 Å². The van der Waals surface area contributed by atoms with Gasteiger partial charge in [0, 0.05) is 34.1 Å². The second-order valence-corrected chi connectivity index (χ2v) is 13.7. The first-order chi connectivity index (χ1) is 22.2. The van der Waals surface area contributed by atoms with Crippen molar-refractivity contribution in [1.82, 2.24) is 0 Å². The van der Waals surface area contributed by atoms with Gasteiger partial charge in [-0.3, -0.25) is 0 Å². The van der Waals surface area contributed by atoms with E-state index in [9.17, 15) is 68.0 Å². The van der Waals surface area contributed by atoms with E-state index in [2.05, 4.69) is 4.74 Å². The van der Waals surface area contributed by atoms with Gasteiger partial charge in [-0.1, -0.05) is 6.07 Å². The minimum Gasteiger partial charge on any atom is -0.490 e. The molecule has 49 heavy (non-hydrogen) atoms. The maximum absolute atomic E-state index is 13.2. The molecular formula is C31H27F12O5S+. The van der Waals surface area contributed by atoms with E-state index < -0.39 is 77.4 Å². The predicted octanol–water partition coefficient (Wildman–Crippen LogP) is 8.90. The van der Waals surface area contributed by atoms with Gasteiger partial charge in [0.25, 0.3) is 5.60 Å². The molecule has 0 aliphatic carbocycles. The summed E-state index contributed by atoms with van der Waals surface area (Å²) < 4.78 is 168. The molecule has 0 saturated carbocycles. The number of thiophene rings is 1. The molecule has 0 amide bonds. The quantitative estimate of drug-likeness (QED) is 0.112. The Morgan fingerprint density at radius 3 is 1.53 bits per heavy atom. The van der Waals surface area contributed by atoms with Crippen molar-refractivity contribution in [3.63, 3.8) is 0 Å². The highest BCUT2D eigenvalue weighted by molar-refractivity contribution is 7.50. The van der Waals surface area contributed by atoms with Gasteiger partial charge in [-0.15, -0.1) is 0 Å². The van der Waals surface area contributed by atoms with Crippen molar-refractivity contribution in [2.45, 2.75) is 68.2 Å². The fraction of sp³-hybridized carbons (Fsp3) is 0.419. The molecule has 3 atom stereocenters. The lowest BCUT2D eigenvalue weighted by Gasteiger charge is -2.31. The number of alkyl halides is 12. The molecule has 3 aromatic carbocycles. The first-order valence-electron chi connectivity index (χ1n) is 14.0. The summed E-state index contributed by atoms with van der Waals surface area (Å²) in [5.41, 5.74) is -11.0. The first kappa shape index (κ1) is 38.3. The molecule has 270 valence electrons. The number of benzene rings is 3. The van der Waals surface area contributed by atoms with Gasteiger partial charge in [-0.05, 0) is 68.7 Å². The summed E-state index contributed by atoms with van der Waals surface area (Å²) in [6.07, 6.45) is -23.1. The number of hydrogen-bond acceptors (Lipinski definition) is 5. The summed E-state index contributed by atoms with van der Waals surface area (Å²) in [5, 5.41) is 29.8. The van der Waals surface area contributed by atoms with Crippen LogP contribution in [0.2, 0.25) is 0 Å². The highest BCUT2D eigenvalue weighted by Gasteiger charge is 2.71. The van der Waals surface area contributed by atoms with E-state index in [4.69, 9.17) is 4.74 Å². The first-order valence-corrected chi connectivity index (χ1v) is 15.2. The monoisotopic (exact) mass is 739 g/mol. The molecule has 5 nitrogen and oxygen atoms in total. The molecule has 0 aliphatic rings. The number of fused-ring (bicyclic) bond motifs is 3. The number of aryl methyl sites for hydroxylation is 1. The van der Waals surface area contributed by atoms with Crippen LogP contribution >= 0.6 is 10.5 Å². The SMILES string of the molecule is CC(O)(CCc1ccc2c(c1)c1cc(OCC(C)(O)C(F)(F)F)ccc1[s+]2-c1ccc(OCC(O)(C(F)(F)F)C(F)(F)F)cc1)C(F)(F)F. The van der Waals surface area contributed by atoms with Gasteiger partial charge in [-0.25, -0.2) is 0 Å². The van der Waals surface area contributed by atoms with Crippen LogP contribution in [0.1, 0.15) is 25.8 Å². The maximum Gasteiger partial charge on any atom is 0.429 e. The standard InChI is InChI=1S/C31H27F12O5S/c1-25(44,28(32,33)34)12-11-17-3-9-23-21(13-17)22-14-19(47-15-26(2,45)29(35,36)37)6-10-24(22)49(23)20-7-4-18(5-8-20)48-16-27(46,30(38,39)40)31(41,42)43/h3-10,13-14,44-46H,11-12,15-16H2,1-2H3/q+1. The number of hydrogen-bond donors (Lipinski definition) is 3. The van der Waals surface area contributed by atoms with E-state index >= 15 is 0 Å². The van der Waals surface area contributed by atoms with E-state index in [-0.39, 0.29) is 12.2 Å². The normalized spacial score (nSPS) is 16.5. The molecule has 3 unspecified atom stereocenters. The van der Waals surface area contributed by atoms with E-state index in [1.165, 1.54) is 42.5 Å². The Hall–Kier alpha value is -3.48. The molecule has 0 bridgehead atoms. The van der Waals surface area contributed by atoms with Crippen molar-refractivity contribution in [2.75, 3.05) is 13.2 Å². The Labute approximate surface area is 272 Å². The molecule has 0 radical (unpaired) electrons. The van der Waals surface area contributed by atoms with Crippen LogP contribution in [0.25, 0.3) is 25.1 Å². The molecule has 1 heterocycles. The second kappa shape index (κ2) is 12.7. The summed E-state index contributed by atoms with van der Waals surface area (Å²) in [4.78, 5) is 0.440. The van der Waals surface area contributed by atoms with E-state index in [0.29, 0.717) is 44.5 Å². The Kier molecular flexibility index (Phi) is 9.92. The third kappa shape index (κ3) is 7.66. The lowest BCUT2D eigenvalue weighted by molar-refractivity contribution is -0.373. The average molecular weight is 740 g/mol. The number of ether oxygens (including phenoxy) is 2. The largest absolute Gasteiger partial charge is 0.490 e. The maximum atomic E-state index is 13.2. The lowest BCUT2D eigenvalue weighted by Crippen LogP contribution is -2.60. The zero-order valence-electron chi connectivity index (χ0n) is 25.2. The van der Waals surface area contributed by atoms with E-state index in [1.54, 1.807) is 6.07 Å². The number of aliphatic hydroxyl groups is 3. The van der Waals surface area contributed by atoms with Crippen molar-refractivity contribution < 1.29 is 77.5 Å². The van der Waals surface area contributed by atoms with Crippen molar-refractivity contribution in [2.24, 2.45) is 0 Å². The van der Waals surface area contributed by atoms with Gasteiger partial charge in [0.15, 0.2) is 25.5 Å². The lowest BCUT2D eigenvalue weighted by atomic mass is 9.95. The predicted molar refractivity (Wildman–Crippen MR) is 155 cm³/mol. The molecule has 0 spiro atoms. The van der Waals surface area contributed by atoms with Crippen molar-refractivity contribution in [3.05, 3.63) is 66.2 Å². The molecule has 18 heteroatoms. The average Bonchev–Trinajstić information content (AvgIpc) is 3.28. The molecule has 4 aromatic rings. The summed E-state index contributed by atoms with van der Waals surface area (Å²) in [5.74, 6) is -0.554. The molecule has 1 aromatic heterocycles. The van der Waals surface area contributed by atoms with Crippen LogP contribution in [0.4, 0.5) is 52.7 Å². The van der Waals surface area contributed by atoms with Crippen LogP contribution in [0.3, 0.4) is 0 Å². The topological polar surface area (TPSA) is 79.2 Å². The molecule has 0 saturated heterocycles. The van der Waals surface area contributed by atoms with Crippen LogP contribution in [0.15, 0.2) is 60.7 Å². The Bertz CT molecular complexity index is 1690. The highest BCUT2D eigenvalue weighted by Crippen LogP contribution is 2.50. The fourth-order valence-corrected chi connectivity index (χ4v) is 6.84. The van der Waals surface area contributed by atoms with Gasteiger partial charge in [0.1, 0.15) is 24.7 Å². The Morgan fingerprint density at radius 1 is 0.551 bits per heavy atom. The van der Waals surface area contributed by atoms with Gasteiger partial charge in [0.2, 0.25) is 0 Å². The molecule has 0 fully saturated rings. The van der Waals surface area contributed by atoms with Gasteiger partial charge in [0.05, 0.1) is 5.39 Å². The molecule has 3 N–H and O–H groups in total. The fourth-order valence-electron chi connectivity index (χ4n) is 4.50. The summed E-state index contributed by atoms with van der Waals surface area (Å²) in [7, 11) is -1.06. The third-order valence-electron chi connectivity index (χ3n) is 7.81. The smallest absolute Gasteiger partial charge is 0.429 e. The van der Waals surface area contributed by atoms with E-state index in [0.717, 1.165) is 12.1 Å². The van der Waals surface area contributed by atoms with Gasteiger partial charge >= 0.3 is 24.7 Å². The Balaban J connectivity index is 1.75. The van der Waals surface area contributed by atoms with Crippen LogP contribution in [0.5, 0.6) is 11.5 Å². The van der Waals surface area contributed by atoms with Gasteiger partial charge in [-0.2, -0.15) is 52.7 Å². The zero-order valence-corrected chi connectivity index (χ0v) is 26.0. The van der Waals surface area contributed by atoms with Crippen LogP contribution < -0.4 is 9.47 Å². The summed E-state index contributed by atoms with van der Waals surface area (Å²) >= 11 is 0. The van der Waals surface area contributed by atoms with Crippen molar-refractivity contribution >= 4 is 30.6 Å². The third-order valence-corrected chi connectivity index (χ3v) is 10.1. The van der Waals surface area contributed by atoms with Crippen LogP contribution in [-0.2, 0) is 6.42 Å². The second-order valence-electron chi connectivity index (χ2n) is 11.7. The number of halogens is 12. The molecule has 0 aliphatic heterocycles. The van der Waals surface area contributed by atoms with Crippen LogP contribution in [-0.4, -0.2) is 70.0 Å². The van der Waals surface area contributed by atoms with Crippen molar-refractivity contribution in [3.8, 4) is 16.4 Å². The van der Waals surface area contributed by atoms with Crippen LogP contribution in [0, 0.1) is 0 Å². The van der Waals surface area contributed by atoms with Gasteiger partial charge < -0.3 is 24.8 Å². The summed E-state index contributed by atoms with van der Waals surface area (Å²) in [6, 6.07) is 13.5. The number of rotatable bonds is 10. The van der Waals surface area contributed by atoms with Crippen molar-refractivity contribution in [1.29, 1.82) is 0 Å².